The number of nitrogen functional groups attached to an aromatic ring is 1. The number of hydrogen-bond donors (Lipinski definition) is 2. The molecule has 19 heavy (non-hydrogen) atoms. The first-order valence-corrected chi connectivity index (χ1v) is 7.79. The molecule has 0 fully saturated rings. The van der Waals surface area contributed by atoms with E-state index in [2.05, 4.69) is 20.7 Å². The number of anilines is 1. The van der Waals surface area contributed by atoms with Gasteiger partial charge in [-0.3, -0.25) is 4.79 Å². The minimum absolute atomic E-state index is 0.0119. The molecule has 0 aromatic heterocycles. The van der Waals surface area contributed by atoms with E-state index in [9.17, 15) is 13.2 Å². The largest absolute Gasteiger partial charge is 0.465 e. The summed E-state index contributed by atoms with van der Waals surface area (Å²) in [5.74, 6) is -0.627. The summed E-state index contributed by atoms with van der Waals surface area (Å²) in [4.78, 5) is 11.4. The van der Waals surface area contributed by atoms with Gasteiger partial charge >= 0.3 is 5.97 Å². The molecule has 8 heteroatoms. The molecule has 1 aromatic rings. The fourth-order valence-electron chi connectivity index (χ4n) is 1.35. The van der Waals surface area contributed by atoms with Crippen LogP contribution in [-0.4, -0.2) is 27.0 Å². The van der Waals surface area contributed by atoms with Gasteiger partial charge in [0.1, 0.15) is 6.04 Å². The van der Waals surface area contributed by atoms with Gasteiger partial charge in [-0.05, 0) is 48.0 Å². The standard InChI is InChI=1S/C11H15BrN2O4S/c1-3-18-11(15)7(2)14-19(16,17)10-5-4-8(13)6-9(10)12/h4-7,14H,3,13H2,1-2H3. The Morgan fingerprint density at radius 3 is 2.68 bits per heavy atom. The zero-order valence-electron chi connectivity index (χ0n) is 10.5. The van der Waals surface area contributed by atoms with Gasteiger partial charge < -0.3 is 10.5 Å². The third-order valence-electron chi connectivity index (χ3n) is 2.22. The highest BCUT2D eigenvalue weighted by Crippen LogP contribution is 2.24. The average Bonchev–Trinajstić information content (AvgIpc) is 2.27. The van der Waals surface area contributed by atoms with E-state index >= 15 is 0 Å². The summed E-state index contributed by atoms with van der Waals surface area (Å²) in [6, 6.07) is 3.34. The molecule has 1 unspecified atom stereocenters. The summed E-state index contributed by atoms with van der Waals surface area (Å²) in [6.07, 6.45) is 0. The summed E-state index contributed by atoms with van der Waals surface area (Å²) in [6.45, 7) is 3.26. The number of carbonyl (C=O) groups excluding carboxylic acids is 1. The lowest BCUT2D eigenvalue weighted by Gasteiger charge is -2.14. The molecule has 0 amide bonds. The van der Waals surface area contributed by atoms with Gasteiger partial charge in [-0.1, -0.05) is 0 Å². The zero-order valence-corrected chi connectivity index (χ0v) is 12.9. The second kappa shape index (κ2) is 6.36. The lowest BCUT2D eigenvalue weighted by molar-refractivity contribution is -0.144. The van der Waals surface area contributed by atoms with Gasteiger partial charge in [0.15, 0.2) is 0 Å². The first-order chi connectivity index (χ1) is 8.77. The van der Waals surface area contributed by atoms with Gasteiger partial charge in [0.2, 0.25) is 10.0 Å². The van der Waals surface area contributed by atoms with Crippen LogP contribution in [0.3, 0.4) is 0 Å². The normalized spacial score (nSPS) is 13.0. The fourth-order valence-corrected chi connectivity index (χ4v) is 3.63. The monoisotopic (exact) mass is 350 g/mol. The van der Waals surface area contributed by atoms with Crippen molar-refractivity contribution in [3.8, 4) is 0 Å². The molecule has 0 radical (unpaired) electrons. The Hall–Kier alpha value is -1.12. The second-order valence-corrected chi connectivity index (χ2v) is 6.32. The van der Waals surface area contributed by atoms with Crippen molar-refractivity contribution < 1.29 is 17.9 Å². The molecule has 3 N–H and O–H groups in total. The molecule has 0 heterocycles. The fraction of sp³-hybridized carbons (Fsp3) is 0.364. The van der Waals surface area contributed by atoms with Crippen LogP contribution in [0.5, 0.6) is 0 Å². The summed E-state index contributed by atoms with van der Waals surface area (Å²) in [5, 5.41) is 0. The molecule has 0 saturated heterocycles. The molecule has 0 spiro atoms. The number of halogens is 1. The van der Waals surface area contributed by atoms with E-state index < -0.39 is 22.0 Å². The number of carbonyl (C=O) groups is 1. The molecule has 1 rings (SSSR count). The van der Waals surface area contributed by atoms with Crippen LogP contribution in [0.2, 0.25) is 0 Å². The highest BCUT2D eigenvalue weighted by molar-refractivity contribution is 9.10. The zero-order chi connectivity index (χ0) is 14.6. The van der Waals surface area contributed by atoms with Crippen molar-refractivity contribution in [2.75, 3.05) is 12.3 Å². The van der Waals surface area contributed by atoms with Crippen LogP contribution in [0.25, 0.3) is 0 Å². The number of benzene rings is 1. The summed E-state index contributed by atoms with van der Waals surface area (Å²) in [7, 11) is -3.82. The Morgan fingerprint density at radius 1 is 1.53 bits per heavy atom. The van der Waals surface area contributed by atoms with Crippen LogP contribution in [0, 0.1) is 0 Å². The van der Waals surface area contributed by atoms with Crippen LogP contribution in [0.1, 0.15) is 13.8 Å². The van der Waals surface area contributed by atoms with Crippen LogP contribution < -0.4 is 10.5 Å². The molecular formula is C11H15BrN2O4S. The third-order valence-corrected chi connectivity index (χ3v) is 4.73. The number of esters is 1. The van der Waals surface area contributed by atoms with Crippen LogP contribution in [-0.2, 0) is 19.6 Å². The Labute approximate surface area is 120 Å². The van der Waals surface area contributed by atoms with Gasteiger partial charge in [0.05, 0.1) is 11.5 Å². The number of ether oxygens (including phenoxy) is 1. The van der Waals surface area contributed by atoms with Gasteiger partial charge in [-0.25, -0.2) is 8.42 Å². The van der Waals surface area contributed by atoms with Crippen molar-refractivity contribution in [1.82, 2.24) is 4.72 Å². The third kappa shape index (κ3) is 4.19. The quantitative estimate of drug-likeness (QED) is 0.615. The average molecular weight is 351 g/mol. The highest BCUT2D eigenvalue weighted by atomic mass is 79.9. The van der Waals surface area contributed by atoms with Gasteiger partial charge in [0.25, 0.3) is 0 Å². The lowest BCUT2D eigenvalue weighted by atomic mass is 10.3. The molecule has 0 aliphatic carbocycles. The molecule has 1 atom stereocenters. The van der Waals surface area contributed by atoms with E-state index in [1.54, 1.807) is 6.92 Å². The van der Waals surface area contributed by atoms with Crippen molar-refractivity contribution >= 4 is 37.6 Å². The first kappa shape index (κ1) is 15.9. The van der Waals surface area contributed by atoms with Crippen molar-refractivity contribution in [3.05, 3.63) is 22.7 Å². The molecule has 0 saturated carbocycles. The molecular weight excluding hydrogens is 336 g/mol. The Balaban J connectivity index is 2.95. The van der Waals surface area contributed by atoms with E-state index in [0.29, 0.717) is 10.2 Å². The van der Waals surface area contributed by atoms with Gasteiger partial charge in [-0.15, -0.1) is 0 Å². The molecule has 0 aliphatic heterocycles. The Morgan fingerprint density at radius 2 is 2.16 bits per heavy atom. The van der Waals surface area contributed by atoms with Crippen molar-refractivity contribution in [2.45, 2.75) is 24.8 Å². The molecule has 1 aromatic carbocycles. The Bertz CT molecular complexity index is 574. The van der Waals surface area contributed by atoms with E-state index in [1.165, 1.54) is 25.1 Å². The van der Waals surface area contributed by atoms with Gasteiger partial charge in [-0.2, -0.15) is 4.72 Å². The van der Waals surface area contributed by atoms with Crippen LogP contribution >= 0.6 is 15.9 Å². The Kier molecular flexibility index (Phi) is 5.33. The maximum atomic E-state index is 12.1. The van der Waals surface area contributed by atoms with E-state index in [-0.39, 0.29) is 11.5 Å². The maximum absolute atomic E-state index is 12.1. The maximum Gasteiger partial charge on any atom is 0.323 e. The van der Waals surface area contributed by atoms with Crippen molar-refractivity contribution in [2.24, 2.45) is 0 Å². The van der Waals surface area contributed by atoms with Crippen molar-refractivity contribution in [3.63, 3.8) is 0 Å². The first-order valence-electron chi connectivity index (χ1n) is 5.52. The summed E-state index contributed by atoms with van der Waals surface area (Å²) < 4.78 is 31.5. The topological polar surface area (TPSA) is 98.5 Å². The number of rotatable bonds is 5. The predicted molar refractivity (Wildman–Crippen MR) is 75.0 cm³/mol. The number of sulfonamides is 1. The molecule has 106 valence electrons. The minimum atomic E-state index is -3.82. The summed E-state index contributed by atoms with van der Waals surface area (Å²) in [5.41, 5.74) is 5.97. The van der Waals surface area contributed by atoms with Crippen LogP contribution in [0.4, 0.5) is 5.69 Å². The van der Waals surface area contributed by atoms with E-state index in [1.807, 2.05) is 0 Å². The molecule has 0 aliphatic rings. The second-order valence-electron chi connectivity index (χ2n) is 3.78. The number of nitrogens with one attached hydrogen (secondary N) is 1. The SMILES string of the molecule is CCOC(=O)C(C)NS(=O)(=O)c1ccc(N)cc1Br. The summed E-state index contributed by atoms with van der Waals surface area (Å²) >= 11 is 3.13. The highest BCUT2D eigenvalue weighted by Gasteiger charge is 2.24. The predicted octanol–water partition coefficient (Wildman–Crippen LogP) is 1.26. The number of hydrogen-bond acceptors (Lipinski definition) is 5. The number of nitrogens with two attached hydrogens (primary N) is 1. The van der Waals surface area contributed by atoms with Gasteiger partial charge in [0, 0.05) is 10.2 Å². The van der Waals surface area contributed by atoms with E-state index in [0.717, 1.165) is 0 Å². The molecule has 6 nitrogen and oxygen atoms in total. The molecule has 0 bridgehead atoms. The van der Waals surface area contributed by atoms with Crippen molar-refractivity contribution in [1.29, 1.82) is 0 Å². The smallest absolute Gasteiger partial charge is 0.323 e. The minimum Gasteiger partial charge on any atom is -0.465 e. The van der Waals surface area contributed by atoms with Crippen LogP contribution in [0.15, 0.2) is 27.6 Å². The van der Waals surface area contributed by atoms with E-state index in [4.69, 9.17) is 10.5 Å². The lowest BCUT2D eigenvalue weighted by Crippen LogP contribution is -2.39.